The van der Waals surface area contributed by atoms with Crippen molar-refractivity contribution < 1.29 is 19.4 Å². The zero-order valence-electron chi connectivity index (χ0n) is 17.6. The van der Waals surface area contributed by atoms with Crippen LogP contribution in [0.25, 0.3) is 0 Å². The number of rotatable bonds is 9. The molecule has 0 fully saturated rings. The van der Waals surface area contributed by atoms with Crippen LogP contribution in [0.15, 0.2) is 91.1 Å². The van der Waals surface area contributed by atoms with Gasteiger partial charge in [0.1, 0.15) is 17.2 Å². The van der Waals surface area contributed by atoms with Gasteiger partial charge in [0, 0.05) is 29.9 Å². The summed E-state index contributed by atoms with van der Waals surface area (Å²) in [6, 6.07) is 25.1. The van der Waals surface area contributed by atoms with Crippen LogP contribution in [-0.4, -0.2) is 16.1 Å². The maximum atomic E-state index is 11.0. The first-order valence-electron chi connectivity index (χ1n) is 10.2. The molecule has 0 saturated carbocycles. The lowest BCUT2D eigenvalue weighted by atomic mass is 10.2. The average molecular weight is 461 g/mol. The van der Waals surface area contributed by atoms with Crippen LogP contribution in [0.2, 0.25) is 5.02 Å². The number of halogens is 1. The molecule has 0 spiro atoms. The molecule has 0 saturated heterocycles. The Kier molecular flexibility index (Phi) is 7.19. The standard InChI is InChI=1S/C26H21ClN2O4/c27-21-7-13-23(14-8-21)32-22-9-3-18(4-10-22)16-28-17-20-2-1-15-29-25(20)33-24-11-5-19(6-12-24)26(30)31/h1-15,28H,16-17H2,(H,30,31). The summed E-state index contributed by atoms with van der Waals surface area (Å²) in [6.45, 7) is 1.21. The summed E-state index contributed by atoms with van der Waals surface area (Å²) in [4.78, 5) is 15.3. The number of hydrogen-bond donors (Lipinski definition) is 2. The molecule has 166 valence electrons. The van der Waals surface area contributed by atoms with Gasteiger partial charge in [-0.2, -0.15) is 0 Å². The van der Waals surface area contributed by atoms with Gasteiger partial charge in [-0.15, -0.1) is 0 Å². The van der Waals surface area contributed by atoms with E-state index in [0.717, 1.165) is 22.6 Å². The van der Waals surface area contributed by atoms with Gasteiger partial charge in [0.2, 0.25) is 5.88 Å². The molecule has 0 radical (unpaired) electrons. The fourth-order valence-electron chi connectivity index (χ4n) is 3.08. The van der Waals surface area contributed by atoms with E-state index in [9.17, 15) is 4.79 Å². The van der Waals surface area contributed by atoms with Crippen LogP contribution in [0.4, 0.5) is 0 Å². The average Bonchev–Trinajstić information content (AvgIpc) is 2.83. The second kappa shape index (κ2) is 10.6. The number of ether oxygens (including phenoxy) is 2. The molecule has 0 atom stereocenters. The minimum Gasteiger partial charge on any atom is -0.478 e. The van der Waals surface area contributed by atoms with E-state index in [0.29, 0.717) is 29.7 Å². The molecule has 0 aliphatic carbocycles. The third-order valence-corrected chi connectivity index (χ3v) is 5.04. The molecule has 1 heterocycles. The van der Waals surface area contributed by atoms with Gasteiger partial charge in [0.25, 0.3) is 0 Å². The molecule has 0 aliphatic rings. The van der Waals surface area contributed by atoms with Gasteiger partial charge in [-0.3, -0.25) is 0 Å². The Morgan fingerprint density at radius 2 is 1.42 bits per heavy atom. The van der Waals surface area contributed by atoms with Crippen LogP contribution in [0, 0.1) is 0 Å². The number of carbonyl (C=O) groups is 1. The van der Waals surface area contributed by atoms with Gasteiger partial charge in [0.05, 0.1) is 5.56 Å². The van der Waals surface area contributed by atoms with Crippen molar-refractivity contribution in [1.29, 1.82) is 0 Å². The molecule has 6 nitrogen and oxygen atoms in total. The van der Waals surface area contributed by atoms with Gasteiger partial charge in [-0.1, -0.05) is 29.8 Å². The molecule has 2 N–H and O–H groups in total. The van der Waals surface area contributed by atoms with Crippen molar-refractivity contribution in [3.05, 3.63) is 113 Å². The van der Waals surface area contributed by atoms with Crippen molar-refractivity contribution in [3.8, 4) is 23.1 Å². The van der Waals surface area contributed by atoms with Crippen molar-refractivity contribution in [1.82, 2.24) is 10.3 Å². The summed E-state index contributed by atoms with van der Waals surface area (Å²) in [6.07, 6.45) is 1.66. The second-order valence-corrected chi connectivity index (χ2v) is 7.64. The summed E-state index contributed by atoms with van der Waals surface area (Å²) < 4.78 is 11.7. The van der Waals surface area contributed by atoms with Gasteiger partial charge in [0.15, 0.2) is 0 Å². The summed E-state index contributed by atoms with van der Waals surface area (Å²) in [5.41, 5.74) is 2.20. The predicted octanol–water partition coefficient (Wildman–Crippen LogP) is 6.31. The number of hydrogen-bond acceptors (Lipinski definition) is 5. The van der Waals surface area contributed by atoms with E-state index >= 15 is 0 Å². The highest BCUT2D eigenvalue weighted by Gasteiger charge is 2.08. The van der Waals surface area contributed by atoms with Crippen molar-refractivity contribution in [2.45, 2.75) is 13.1 Å². The molecular weight excluding hydrogens is 440 g/mol. The number of pyridine rings is 1. The van der Waals surface area contributed by atoms with E-state index in [-0.39, 0.29) is 5.56 Å². The van der Waals surface area contributed by atoms with Crippen molar-refractivity contribution in [2.24, 2.45) is 0 Å². The number of aromatic carboxylic acids is 1. The molecule has 0 amide bonds. The first kappa shape index (κ1) is 22.3. The van der Waals surface area contributed by atoms with Crippen molar-refractivity contribution >= 4 is 17.6 Å². The monoisotopic (exact) mass is 460 g/mol. The first-order chi connectivity index (χ1) is 16.1. The smallest absolute Gasteiger partial charge is 0.335 e. The number of nitrogens with zero attached hydrogens (tertiary/aromatic N) is 1. The summed E-state index contributed by atoms with van der Waals surface area (Å²) >= 11 is 5.90. The van der Waals surface area contributed by atoms with E-state index < -0.39 is 5.97 Å². The lowest BCUT2D eigenvalue weighted by Gasteiger charge is -2.11. The molecule has 4 rings (SSSR count). The van der Waals surface area contributed by atoms with E-state index in [4.69, 9.17) is 26.2 Å². The quantitative estimate of drug-likeness (QED) is 0.305. The highest BCUT2D eigenvalue weighted by molar-refractivity contribution is 6.30. The third-order valence-electron chi connectivity index (χ3n) is 4.78. The number of carboxylic acids is 1. The maximum Gasteiger partial charge on any atom is 0.335 e. The summed E-state index contributed by atoms with van der Waals surface area (Å²) in [5.74, 6) is 1.50. The fraction of sp³-hybridized carbons (Fsp3) is 0.0769. The maximum absolute atomic E-state index is 11.0. The largest absolute Gasteiger partial charge is 0.478 e. The lowest BCUT2D eigenvalue weighted by Crippen LogP contribution is -2.13. The SMILES string of the molecule is O=C(O)c1ccc(Oc2ncccc2CNCc2ccc(Oc3ccc(Cl)cc3)cc2)cc1. The number of benzene rings is 3. The number of aromatic nitrogens is 1. The molecule has 4 aromatic rings. The highest BCUT2D eigenvalue weighted by atomic mass is 35.5. The van der Waals surface area contributed by atoms with Gasteiger partial charge in [-0.25, -0.2) is 9.78 Å². The Bertz CT molecular complexity index is 1210. The predicted molar refractivity (Wildman–Crippen MR) is 126 cm³/mol. The van der Waals surface area contributed by atoms with Gasteiger partial charge >= 0.3 is 5.97 Å². The van der Waals surface area contributed by atoms with E-state index in [1.165, 1.54) is 12.1 Å². The zero-order valence-corrected chi connectivity index (χ0v) is 18.3. The van der Waals surface area contributed by atoms with Crippen LogP contribution >= 0.6 is 11.6 Å². The van der Waals surface area contributed by atoms with Gasteiger partial charge in [-0.05, 0) is 72.3 Å². The summed E-state index contributed by atoms with van der Waals surface area (Å²) in [7, 11) is 0. The molecule has 3 aromatic carbocycles. The molecule has 0 unspecified atom stereocenters. The Hall–Kier alpha value is -3.87. The normalized spacial score (nSPS) is 10.6. The topological polar surface area (TPSA) is 80.7 Å². The molecule has 33 heavy (non-hydrogen) atoms. The minimum absolute atomic E-state index is 0.204. The van der Waals surface area contributed by atoms with Gasteiger partial charge < -0.3 is 19.9 Å². The van der Waals surface area contributed by atoms with Crippen LogP contribution in [0.1, 0.15) is 21.5 Å². The molecule has 0 bridgehead atoms. The molecular formula is C26H21ClN2O4. The van der Waals surface area contributed by atoms with E-state index in [1.807, 2.05) is 48.5 Å². The number of nitrogens with one attached hydrogen (secondary N) is 1. The fourth-order valence-corrected chi connectivity index (χ4v) is 3.21. The molecule has 0 aliphatic heterocycles. The van der Waals surface area contributed by atoms with Crippen LogP contribution < -0.4 is 14.8 Å². The Morgan fingerprint density at radius 3 is 2.09 bits per heavy atom. The first-order valence-corrected chi connectivity index (χ1v) is 10.6. The Morgan fingerprint density at radius 1 is 0.818 bits per heavy atom. The lowest BCUT2D eigenvalue weighted by molar-refractivity contribution is 0.0697. The molecule has 7 heteroatoms. The Balaban J connectivity index is 1.32. The zero-order chi connectivity index (χ0) is 23.0. The minimum atomic E-state index is -0.978. The Labute approximate surface area is 196 Å². The van der Waals surface area contributed by atoms with Crippen molar-refractivity contribution in [3.63, 3.8) is 0 Å². The van der Waals surface area contributed by atoms with Crippen LogP contribution in [0.3, 0.4) is 0 Å². The van der Waals surface area contributed by atoms with E-state index in [1.54, 1.807) is 30.5 Å². The van der Waals surface area contributed by atoms with Crippen molar-refractivity contribution in [2.75, 3.05) is 0 Å². The summed E-state index contributed by atoms with van der Waals surface area (Å²) in [5, 5.41) is 13.1. The molecule has 1 aromatic heterocycles. The highest BCUT2D eigenvalue weighted by Crippen LogP contribution is 2.25. The van der Waals surface area contributed by atoms with Crippen LogP contribution in [-0.2, 0) is 13.1 Å². The van der Waals surface area contributed by atoms with Crippen LogP contribution in [0.5, 0.6) is 23.1 Å². The second-order valence-electron chi connectivity index (χ2n) is 7.20. The third kappa shape index (κ3) is 6.32. The van der Waals surface area contributed by atoms with E-state index in [2.05, 4.69) is 10.3 Å². The number of carboxylic acid groups (broad SMARTS) is 1.